The predicted octanol–water partition coefficient (Wildman–Crippen LogP) is 6.00. The summed E-state index contributed by atoms with van der Waals surface area (Å²) in [5.41, 5.74) is -0.327. The van der Waals surface area contributed by atoms with Gasteiger partial charge in [0.05, 0.1) is 11.2 Å². The summed E-state index contributed by atoms with van der Waals surface area (Å²) in [6.45, 7) is 10.9. The third-order valence-corrected chi connectivity index (χ3v) is 6.03. The molecule has 0 unspecified atom stereocenters. The predicted molar refractivity (Wildman–Crippen MR) is 95.2 cm³/mol. The van der Waals surface area contributed by atoms with Gasteiger partial charge in [0.2, 0.25) is 0 Å². The number of hydrogen-bond donors (Lipinski definition) is 0. The van der Waals surface area contributed by atoms with E-state index in [4.69, 9.17) is 9.31 Å². The lowest BCUT2D eigenvalue weighted by Crippen LogP contribution is -2.41. The molecule has 128 valence electrons. The summed E-state index contributed by atoms with van der Waals surface area (Å²) in [4.78, 5) is 0. The minimum atomic E-state index is -0.163. The summed E-state index contributed by atoms with van der Waals surface area (Å²) >= 11 is 0. The molecule has 1 aliphatic heterocycles. The Labute approximate surface area is 138 Å². The van der Waals surface area contributed by atoms with Gasteiger partial charge in [-0.25, -0.2) is 0 Å². The van der Waals surface area contributed by atoms with Gasteiger partial charge < -0.3 is 9.31 Å². The monoisotopic (exact) mass is 308 g/mol. The molecule has 1 saturated heterocycles. The van der Waals surface area contributed by atoms with Crippen molar-refractivity contribution >= 4 is 7.12 Å². The van der Waals surface area contributed by atoms with Crippen LogP contribution in [0.15, 0.2) is 0 Å². The van der Waals surface area contributed by atoms with Gasteiger partial charge in [-0.1, -0.05) is 64.7 Å². The highest BCUT2D eigenvalue weighted by molar-refractivity contribution is 6.48. The second kappa shape index (κ2) is 7.70. The SMILES string of the molecule is CCCCCCCCCC[C@@H]1C[C@H]1B1OC(C)(C)C(C)(C)O1. The molecule has 0 bridgehead atoms. The molecule has 0 spiro atoms. The number of hydrogen-bond acceptors (Lipinski definition) is 2. The highest BCUT2D eigenvalue weighted by atomic mass is 16.7. The van der Waals surface area contributed by atoms with Crippen LogP contribution in [0.2, 0.25) is 5.82 Å². The summed E-state index contributed by atoms with van der Waals surface area (Å²) < 4.78 is 12.4. The second-order valence-corrected chi connectivity index (χ2v) is 8.55. The van der Waals surface area contributed by atoms with E-state index in [1.807, 2.05) is 0 Å². The van der Waals surface area contributed by atoms with Crippen LogP contribution >= 0.6 is 0 Å². The zero-order valence-electron chi connectivity index (χ0n) is 15.6. The van der Waals surface area contributed by atoms with Gasteiger partial charge in [0.1, 0.15) is 0 Å². The van der Waals surface area contributed by atoms with Gasteiger partial charge in [0.25, 0.3) is 0 Å². The van der Waals surface area contributed by atoms with Crippen molar-refractivity contribution in [2.24, 2.45) is 5.92 Å². The average molecular weight is 308 g/mol. The van der Waals surface area contributed by atoms with Crippen LogP contribution in [0.5, 0.6) is 0 Å². The van der Waals surface area contributed by atoms with Gasteiger partial charge in [-0.15, -0.1) is 0 Å². The van der Waals surface area contributed by atoms with E-state index >= 15 is 0 Å². The standard InChI is InChI=1S/C19H37BO2/c1-6-7-8-9-10-11-12-13-14-16-15-17(16)20-21-18(2,3)19(4,5)22-20/h16-17H,6-15H2,1-5H3/t16-,17-/m1/s1. The maximum atomic E-state index is 6.18. The molecular weight excluding hydrogens is 271 g/mol. The molecule has 1 aliphatic carbocycles. The molecule has 3 heteroatoms. The van der Waals surface area contributed by atoms with Crippen LogP contribution in [0, 0.1) is 5.92 Å². The van der Waals surface area contributed by atoms with E-state index in [0.717, 1.165) is 5.92 Å². The number of rotatable bonds is 10. The van der Waals surface area contributed by atoms with Gasteiger partial charge in [-0.2, -0.15) is 0 Å². The molecule has 0 radical (unpaired) electrons. The van der Waals surface area contributed by atoms with Gasteiger partial charge in [0, 0.05) is 0 Å². The van der Waals surface area contributed by atoms with Crippen molar-refractivity contribution in [2.75, 3.05) is 0 Å². The third-order valence-electron chi connectivity index (χ3n) is 6.03. The van der Waals surface area contributed by atoms with Gasteiger partial charge in [0.15, 0.2) is 0 Å². The van der Waals surface area contributed by atoms with E-state index in [1.54, 1.807) is 0 Å². The smallest absolute Gasteiger partial charge is 0.403 e. The molecule has 2 nitrogen and oxygen atoms in total. The summed E-state index contributed by atoms with van der Waals surface area (Å²) in [7, 11) is 0.0454. The van der Waals surface area contributed by atoms with Gasteiger partial charge in [-0.3, -0.25) is 0 Å². The van der Waals surface area contributed by atoms with Crippen molar-refractivity contribution in [3.8, 4) is 0 Å². The van der Waals surface area contributed by atoms with Crippen molar-refractivity contribution in [3.63, 3.8) is 0 Å². The minimum absolute atomic E-state index is 0.0454. The maximum absolute atomic E-state index is 6.18. The summed E-state index contributed by atoms with van der Waals surface area (Å²) in [5, 5.41) is 0. The lowest BCUT2D eigenvalue weighted by molar-refractivity contribution is 0.00578. The third kappa shape index (κ3) is 4.74. The van der Waals surface area contributed by atoms with Crippen LogP contribution in [0.3, 0.4) is 0 Å². The second-order valence-electron chi connectivity index (χ2n) is 8.55. The Kier molecular flexibility index (Phi) is 6.42. The van der Waals surface area contributed by atoms with E-state index in [9.17, 15) is 0 Å². The first kappa shape index (κ1) is 18.3. The lowest BCUT2D eigenvalue weighted by Gasteiger charge is -2.32. The summed E-state index contributed by atoms with van der Waals surface area (Å²) in [5.74, 6) is 1.51. The molecule has 0 N–H and O–H groups in total. The molecule has 0 aromatic carbocycles. The first-order chi connectivity index (χ1) is 10.4. The molecule has 0 aromatic rings. The molecule has 0 amide bonds. The van der Waals surface area contributed by atoms with Gasteiger partial charge in [-0.05, 0) is 45.9 Å². The van der Waals surface area contributed by atoms with Crippen LogP contribution < -0.4 is 0 Å². The molecule has 2 aliphatic rings. The zero-order chi connectivity index (χ0) is 16.2. The first-order valence-corrected chi connectivity index (χ1v) is 9.73. The molecule has 2 atom stereocenters. The fourth-order valence-corrected chi connectivity index (χ4v) is 3.54. The molecular formula is C19H37BO2. The first-order valence-electron chi connectivity index (χ1n) is 9.73. The van der Waals surface area contributed by atoms with Crippen molar-refractivity contribution < 1.29 is 9.31 Å². The minimum Gasteiger partial charge on any atom is -0.403 e. The topological polar surface area (TPSA) is 18.5 Å². The Morgan fingerprint density at radius 2 is 1.32 bits per heavy atom. The Bertz CT molecular complexity index is 324. The lowest BCUT2D eigenvalue weighted by atomic mass is 9.80. The molecule has 1 heterocycles. The van der Waals surface area contributed by atoms with Crippen LogP contribution in [0.1, 0.15) is 98.8 Å². The van der Waals surface area contributed by atoms with E-state index in [-0.39, 0.29) is 18.3 Å². The molecule has 1 saturated carbocycles. The Hall–Kier alpha value is -0.0151. The van der Waals surface area contributed by atoms with Crippen molar-refractivity contribution in [3.05, 3.63) is 0 Å². The van der Waals surface area contributed by atoms with Crippen molar-refractivity contribution in [1.29, 1.82) is 0 Å². The normalized spacial score (nSPS) is 29.0. The van der Waals surface area contributed by atoms with E-state index < -0.39 is 0 Å². The average Bonchev–Trinajstić information content (AvgIpc) is 3.15. The zero-order valence-corrected chi connectivity index (χ0v) is 15.6. The molecule has 22 heavy (non-hydrogen) atoms. The van der Waals surface area contributed by atoms with E-state index in [0.29, 0.717) is 5.82 Å². The molecule has 2 rings (SSSR count). The quantitative estimate of drug-likeness (QED) is 0.364. The van der Waals surface area contributed by atoms with Crippen LogP contribution in [0.25, 0.3) is 0 Å². The molecule has 2 fully saturated rings. The van der Waals surface area contributed by atoms with Crippen LogP contribution in [0.4, 0.5) is 0 Å². The van der Waals surface area contributed by atoms with Crippen molar-refractivity contribution in [2.45, 2.75) is 116 Å². The van der Waals surface area contributed by atoms with Crippen LogP contribution in [-0.4, -0.2) is 18.3 Å². The fraction of sp³-hybridized carbons (Fsp3) is 1.00. The van der Waals surface area contributed by atoms with Gasteiger partial charge >= 0.3 is 7.12 Å². The van der Waals surface area contributed by atoms with E-state index in [2.05, 4.69) is 34.6 Å². The van der Waals surface area contributed by atoms with E-state index in [1.165, 1.54) is 64.2 Å². The number of unbranched alkanes of at least 4 members (excludes halogenated alkanes) is 7. The highest BCUT2D eigenvalue weighted by Crippen LogP contribution is 2.55. The molecule has 0 aromatic heterocycles. The fourth-order valence-electron chi connectivity index (χ4n) is 3.54. The largest absolute Gasteiger partial charge is 0.461 e. The summed E-state index contributed by atoms with van der Waals surface area (Å²) in [6, 6.07) is 0. The van der Waals surface area contributed by atoms with Crippen molar-refractivity contribution in [1.82, 2.24) is 0 Å². The summed E-state index contributed by atoms with van der Waals surface area (Å²) in [6.07, 6.45) is 14.0. The Morgan fingerprint density at radius 3 is 1.86 bits per heavy atom. The maximum Gasteiger partial charge on any atom is 0.461 e. The Balaban J connectivity index is 1.52. The highest BCUT2D eigenvalue weighted by Gasteiger charge is 2.59. The van der Waals surface area contributed by atoms with Crippen LogP contribution in [-0.2, 0) is 9.31 Å². The Morgan fingerprint density at radius 1 is 0.818 bits per heavy atom.